The fourth-order valence-electron chi connectivity index (χ4n) is 1.99. The molecule has 1 aliphatic heterocycles. The predicted octanol–water partition coefficient (Wildman–Crippen LogP) is -0.289. The lowest BCUT2D eigenvalue weighted by Crippen LogP contribution is -2.34. The summed E-state index contributed by atoms with van der Waals surface area (Å²) in [5.74, 6) is 0. The van der Waals surface area contributed by atoms with Gasteiger partial charge in [-0.1, -0.05) is 30.3 Å². The Morgan fingerprint density at radius 2 is 1.62 bits per heavy atom. The topological polar surface area (TPSA) is 69.9 Å². The van der Waals surface area contributed by atoms with Crippen LogP contribution in [0.2, 0.25) is 0 Å². The van der Waals surface area contributed by atoms with Crippen LogP contribution in [-0.4, -0.2) is 46.3 Å². The van der Waals surface area contributed by atoms with E-state index in [1.165, 1.54) is 0 Å². The number of ether oxygens (including phenoxy) is 1. The highest BCUT2D eigenvalue weighted by Gasteiger charge is 2.41. The summed E-state index contributed by atoms with van der Waals surface area (Å²) in [5.41, 5.74) is 1.04. The number of hydrogen-bond acceptors (Lipinski definition) is 4. The third kappa shape index (κ3) is 2.25. The quantitative estimate of drug-likeness (QED) is 0.660. The minimum atomic E-state index is -1.00. The van der Waals surface area contributed by atoms with E-state index in [2.05, 4.69) is 0 Å². The highest BCUT2D eigenvalue weighted by Crippen LogP contribution is 2.23. The molecule has 0 amide bonds. The summed E-state index contributed by atoms with van der Waals surface area (Å²) in [7, 11) is 0. The Morgan fingerprint density at radius 3 is 2.19 bits per heavy atom. The van der Waals surface area contributed by atoms with Gasteiger partial charge in [0.1, 0.15) is 18.3 Å². The van der Waals surface area contributed by atoms with E-state index < -0.39 is 24.4 Å². The van der Waals surface area contributed by atoms with Crippen LogP contribution in [-0.2, 0) is 11.2 Å². The van der Waals surface area contributed by atoms with Crippen molar-refractivity contribution in [3.05, 3.63) is 35.9 Å². The fraction of sp³-hybridized carbons (Fsp3) is 0.500. The predicted molar refractivity (Wildman–Crippen MR) is 57.9 cm³/mol. The molecule has 0 saturated carbocycles. The molecular formula is C12H16O4. The van der Waals surface area contributed by atoms with Crippen molar-refractivity contribution in [1.82, 2.24) is 0 Å². The molecule has 0 spiro atoms. The molecule has 4 nitrogen and oxygen atoms in total. The van der Waals surface area contributed by atoms with Crippen LogP contribution >= 0.6 is 0 Å². The van der Waals surface area contributed by atoms with Crippen LogP contribution in [0.25, 0.3) is 0 Å². The molecule has 88 valence electrons. The van der Waals surface area contributed by atoms with Crippen LogP contribution in [0.5, 0.6) is 0 Å². The summed E-state index contributed by atoms with van der Waals surface area (Å²) in [6.07, 6.45) is -2.52. The first-order valence-corrected chi connectivity index (χ1v) is 5.38. The van der Waals surface area contributed by atoms with Gasteiger partial charge in [0.2, 0.25) is 0 Å². The Balaban J connectivity index is 2.01. The smallest absolute Gasteiger partial charge is 0.111 e. The van der Waals surface area contributed by atoms with E-state index in [4.69, 9.17) is 9.84 Å². The van der Waals surface area contributed by atoms with Crippen molar-refractivity contribution in [1.29, 1.82) is 0 Å². The van der Waals surface area contributed by atoms with Gasteiger partial charge in [-0.15, -0.1) is 0 Å². The van der Waals surface area contributed by atoms with Crippen molar-refractivity contribution in [2.24, 2.45) is 0 Å². The average molecular weight is 224 g/mol. The van der Waals surface area contributed by atoms with Crippen molar-refractivity contribution >= 4 is 0 Å². The molecule has 0 radical (unpaired) electrons. The molecule has 4 heteroatoms. The zero-order chi connectivity index (χ0) is 11.5. The van der Waals surface area contributed by atoms with Gasteiger partial charge in [-0.2, -0.15) is 0 Å². The van der Waals surface area contributed by atoms with E-state index in [9.17, 15) is 10.2 Å². The van der Waals surface area contributed by atoms with E-state index in [-0.39, 0.29) is 6.61 Å². The van der Waals surface area contributed by atoms with Gasteiger partial charge in [0.15, 0.2) is 0 Å². The first-order valence-electron chi connectivity index (χ1n) is 5.38. The minimum absolute atomic E-state index is 0.274. The summed E-state index contributed by atoms with van der Waals surface area (Å²) < 4.78 is 5.39. The van der Waals surface area contributed by atoms with Gasteiger partial charge in [-0.3, -0.25) is 0 Å². The molecule has 0 bridgehead atoms. The van der Waals surface area contributed by atoms with Crippen LogP contribution in [0.15, 0.2) is 30.3 Å². The molecule has 0 unspecified atom stereocenters. The van der Waals surface area contributed by atoms with E-state index in [1.807, 2.05) is 30.3 Å². The van der Waals surface area contributed by atoms with Gasteiger partial charge < -0.3 is 20.1 Å². The van der Waals surface area contributed by atoms with Crippen molar-refractivity contribution in [3.8, 4) is 0 Å². The number of hydrogen-bond donors (Lipinski definition) is 3. The van der Waals surface area contributed by atoms with Gasteiger partial charge in [0, 0.05) is 6.42 Å². The third-order valence-electron chi connectivity index (χ3n) is 2.92. The molecule has 0 aliphatic carbocycles. The summed E-state index contributed by atoms with van der Waals surface area (Å²) in [6.45, 7) is -0.274. The van der Waals surface area contributed by atoms with E-state index in [0.717, 1.165) is 5.56 Å². The van der Waals surface area contributed by atoms with Crippen molar-refractivity contribution < 1.29 is 20.1 Å². The lowest BCUT2D eigenvalue weighted by atomic mass is 10.0. The number of benzene rings is 1. The summed E-state index contributed by atoms with van der Waals surface area (Å²) in [4.78, 5) is 0. The molecule has 2 rings (SSSR count). The van der Waals surface area contributed by atoms with Crippen LogP contribution in [0, 0.1) is 0 Å². The molecule has 1 saturated heterocycles. The van der Waals surface area contributed by atoms with E-state index in [1.54, 1.807) is 0 Å². The maximum Gasteiger partial charge on any atom is 0.111 e. The summed E-state index contributed by atoms with van der Waals surface area (Å²) in [5, 5.41) is 28.2. The van der Waals surface area contributed by atoms with Crippen molar-refractivity contribution in [2.75, 3.05) is 6.61 Å². The molecule has 1 heterocycles. The molecular weight excluding hydrogens is 208 g/mol. The summed E-state index contributed by atoms with van der Waals surface area (Å²) >= 11 is 0. The molecule has 1 fully saturated rings. The Kier molecular flexibility index (Phi) is 3.56. The van der Waals surface area contributed by atoms with Crippen LogP contribution in [0.3, 0.4) is 0 Å². The SMILES string of the molecule is OC[C@H]1O[C@@H](Cc2ccccc2)[C@H](O)[C@@H]1O. The highest BCUT2D eigenvalue weighted by molar-refractivity contribution is 5.16. The number of rotatable bonds is 3. The fourth-order valence-corrected chi connectivity index (χ4v) is 1.99. The molecule has 0 aromatic heterocycles. The summed E-state index contributed by atoms with van der Waals surface area (Å²) in [6, 6.07) is 9.62. The lowest BCUT2D eigenvalue weighted by molar-refractivity contribution is -0.0215. The molecule has 1 aromatic carbocycles. The Labute approximate surface area is 94.1 Å². The van der Waals surface area contributed by atoms with E-state index >= 15 is 0 Å². The van der Waals surface area contributed by atoms with E-state index in [0.29, 0.717) is 6.42 Å². The van der Waals surface area contributed by atoms with Crippen molar-refractivity contribution in [2.45, 2.75) is 30.8 Å². The Bertz CT molecular complexity index is 327. The first-order chi connectivity index (χ1) is 7.72. The number of aliphatic hydroxyl groups excluding tert-OH is 3. The standard InChI is InChI=1S/C12H16O4/c13-7-10-12(15)11(14)9(16-10)6-8-4-2-1-3-5-8/h1-5,9-15H,6-7H2/t9-,10+,11-,12+/m0/s1. The molecule has 4 atom stereocenters. The maximum atomic E-state index is 9.73. The van der Waals surface area contributed by atoms with Crippen LogP contribution < -0.4 is 0 Å². The zero-order valence-electron chi connectivity index (χ0n) is 8.86. The second kappa shape index (κ2) is 4.93. The first kappa shape index (κ1) is 11.5. The average Bonchev–Trinajstić information content (AvgIpc) is 2.58. The zero-order valence-corrected chi connectivity index (χ0v) is 8.86. The number of aliphatic hydroxyl groups is 3. The Morgan fingerprint density at radius 1 is 1.00 bits per heavy atom. The maximum absolute atomic E-state index is 9.73. The third-order valence-corrected chi connectivity index (χ3v) is 2.92. The van der Waals surface area contributed by atoms with Gasteiger partial charge in [0.25, 0.3) is 0 Å². The Hall–Kier alpha value is -0.940. The van der Waals surface area contributed by atoms with Gasteiger partial charge >= 0.3 is 0 Å². The van der Waals surface area contributed by atoms with Crippen LogP contribution in [0.4, 0.5) is 0 Å². The largest absolute Gasteiger partial charge is 0.394 e. The molecule has 1 aliphatic rings. The van der Waals surface area contributed by atoms with Gasteiger partial charge in [-0.05, 0) is 5.56 Å². The molecule has 16 heavy (non-hydrogen) atoms. The minimum Gasteiger partial charge on any atom is -0.394 e. The lowest BCUT2D eigenvalue weighted by Gasteiger charge is -2.14. The monoisotopic (exact) mass is 224 g/mol. The molecule has 1 aromatic rings. The van der Waals surface area contributed by atoms with Crippen LogP contribution in [0.1, 0.15) is 5.56 Å². The second-order valence-electron chi connectivity index (χ2n) is 4.07. The van der Waals surface area contributed by atoms with Gasteiger partial charge in [-0.25, -0.2) is 0 Å². The van der Waals surface area contributed by atoms with Gasteiger partial charge in [0.05, 0.1) is 12.7 Å². The normalized spacial score (nSPS) is 34.2. The second-order valence-corrected chi connectivity index (χ2v) is 4.07. The molecule has 3 N–H and O–H groups in total. The highest BCUT2D eigenvalue weighted by atomic mass is 16.6. The van der Waals surface area contributed by atoms with Crippen molar-refractivity contribution in [3.63, 3.8) is 0 Å².